The summed E-state index contributed by atoms with van der Waals surface area (Å²) in [5.74, 6) is 0.392. The fraction of sp³-hybridized carbons (Fsp3) is 0.188. The molecule has 10 nitrogen and oxygen atoms in total. The van der Waals surface area contributed by atoms with Gasteiger partial charge < -0.3 is 0 Å². The third kappa shape index (κ3) is 4.12. The Balaban J connectivity index is 1.72. The summed E-state index contributed by atoms with van der Waals surface area (Å²) in [6.45, 7) is 0.497. The second-order valence-electron chi connectivity index (χ2n) is 5.70. The number of hydrogen-bond acceptors (Lipinski definition) is 8. The van der Waals surface area contributed by atoms with Crippen molar-refractivity contribution in [3.63, 3.8) is 0 Å². The summed E-state index contributed by atoms with van der Waals surface area (Å²) in [7, 11) is -3.88. The fourth-order valence-electron chi connectivity index (χ4n) is 2.48. The van der Waals surface area contributed by atoms with Crippen LogP contribution in [0.2, 0.25) is 0 Å². The second kappa shape index (κ2) is 7.94. The Labute approximate surface area is 164 Å². The first-order valence-corrected chi connectivity index (χ1v) is 10.4. The highest BCUT2D eigenvalue weighted by Crippen LogP contribution is 2.27. The molecule has 0 spiro atoms. The van der Waals surface area contributed by atoms with E-state index in [-0.39, 0.29) is 22.8 Å². The summed E-state index contributed by atoms with van der Waals surface area (Å²) < 4.78 is 26.9. The smallest absolute Gasteiger partial charge is 0.260 e. The van der Waals surface area contributed by atoms with Crippen molar-refractivity contribution < 1.29 is 18.3 Å². The minimum absolute atomic E-state index is 0.0191. The highest BCUT2D eigenvalue weighted by Gasteiger charge is 2.31. The summed E-state index contributed by atoms with van der Waals surface area (Å²) in [6, 6.07) is 10.7. The molecule has 2 aromatic carbocycles. The van der Waals surface area contributed by atoms with Crippen LogP contribution in [0.25, 0.3) is 0 Å². The summed E-state index contributed by atoms with van der Waals surface area (Å²) in [4.78, 5) is 24.5. The highest BCUT2D eigenvalue weighted by atomic mass is 32.2. The third-order valence-corrected chi connectivity index (χ3v) is 6.92. The van der Waals surface area contributed by atoms with Gasteiger partial charge in [0.25, 0.3) is 21.4 Å². The Morgan fingerprint density at radius 1 is 0.964 bits per heavy atom. The lowest BCUT2D eigenvalue weighted by Gasteiger charge is -2.19. The molecule has 0 N–H and O–H groups in total. The van der Waals surface area contributed by atoms with Gasteiger partial charge in [0.15, 0.2) is 5.17 Å². The van der Waals surface area contributed by atoms with E-state index in [1.54, 1.807) is 12.1 Å². The number of nitro benzene ring substituents is 2. The molecule has 0 fully saturated rings. The molecule has 0 aromatic heterocycles. The zero-order valence-electron chi connectivity index (χ0n) is 14.3. The van der Waals surface area contributed by atoms with Crippen molar-refractivity contribution in [1.29, 1.82) is 0 Å². The molecular weight excluding hydrogens is 408 g/mol. The standard InChI is InChI=1S/C16H14N4O6S2/c21-19(22)13-3-1-12(2-4-13)11-27-16-17-9-10-18(16)28(25,26)15-7-5-14(6-8-15)20(23)24/h1-8H,9-11H2. The number of rotatable bonds is 6. The van der Waals surface area contributed by atoms with Crippen molar-refractivity contribution in [2.45, 2.75) is 10.6 Å². The molecule has 1 aliphatic rings. The Morgan fingerprint density at radius 2 is 1.50 bits per heavy atom. The van der Waals surface area contributed by atoms with Crippen molar-refractivity contribution in [2.75, 3.05) is 13.1 Å². The molecule has 1 aliphatic heterocycles. The van der Waals surface area contributed by atoms with Crippen molar-refractivity contribution in [3.8, 4) is 0 Å². The predicted molar refractivity (Wildman–Crippen MR) is 104 cm³/mol. The van der Waals surface area contributed by atoms with Gasteiger partial charge in [0.1, 0.15) is 0 Å². The Morgan fingerprint density at radius 3 is 2.04 bits per heavy atom. The van der Waals surface area contributed by atoms with Gasteiger partial charge in [-0.15, -0.1) is 0 Å². The minimum Gasteiger partial charge on any atom is -0.260 e. The molecule has 0 atom stereocenters. The van der Waals surface area contributed by atoms with E-state index >= 15 is 0 Å². The lowest BCUT2D eigenvalue weighted by molar-refractivity contribution is -0.385. The van der Waals surface area contributed by atoms with Crippen LogP contribution in [-0.4, -0.2) is 40.8 Å². The number of amidine groups is 1. The van der Waals surface area contributed by atoms with E-state index in [1.165, 1.54) is 40.3 Å². The van der Waals surface area contributed by atoms with Crippen LogP contribution < -0.4 is 0 Å². The normalized spacial score (nSPS) is 14.0. The monoisotopic (exact) mass is 422 g/mol. The number of thioether (sulfide) groups is 1. The molecule has 1 heterocycles. The number of hydrogen-bond donors (Lipinski definition) is 0. The van der Waals surface area contributed by atoms with E-state index in [0.717, 1.165) is 17.7 Å². The molecule has 3 rings (SSSR count). The van der Waals surface area contributed by atoms with Crippen molar-refractivity contribution in [2.24, 2.45) is 4.99 Å². The van der Waals surface area contributed by atoms with Gasteiger partial charge in [0.2, 0.25) is 0 Å². The average Bonchev–Trinajstić information content (AvgIpc) is 3.16. The van der Waals surface area contributed by atoms with Crippen LogP contribution in [0.15, 0.2) is 58.4 Å². The molecule has 0 bridgehead atoms. The largest absolute Gasteiger partial charge is 0.269 e. The molecule has 0 saturated heterocycles. The maximum Gasteiger partial charge on any atom is 0.269 e. The van der Waals surface area contributed by atoms with E-state index in [0.29, 0.717) is 17.5 Å². The SMILES string of the molecule is O=[N+]([O-])c1ccc(CSC2=NCCN2S(=O)(=O)c2ccc([N+](=O)[O-])cc2)cc1. The van der Waals surface area contributed by atoms with Crippen LogP contribution in [0.1, 0.15) is 5.56 Å². The van der Waals surface area contributed by atoms with Crippen molar-refractivity contribution in [3.05, 3.63) is 74.3 Å². The molecule has 0 amide bonds. The Kier molecular flexibility index (Phi) is 5.61. The van der Waals surface area contributed by atoms with Gasteiger partial charge in [-0.05, 0) is 17.7 Å². The molecule has 0 saturated carbocycles. The number of nitro groups is 2. The molecule has 146 valence electrons. The van der Waals surface area contributed by atoms with Gasteiger partial charge in [-0.25, -0.2) is 12.7 Å². The Bertz CT molecular complexity index is 1040. The summed E-state index contributed by atoms with van der Waals surface area (Å²) in [5, 5.41) is 21.7. The molecule has 0 aliphatic carbocycles. The first-order valence-electron chi connectivity index (χ1n) is 7.97. The van der Waals surface area contributed by atoms with Gasteiger partial charge in [0.05, 0.1) is 27.8 Å². The number of benzene rings is 2. The lowest BCUT2D eigenvalue weighted by Crippen LogP contribution is -2.32. The number of nitrogens with zero attached hydrogens (tertiary/aromatic N) is 4. The van der Waals surface area contributed by atoms with Gasteiger partial charge in [-0.1, -0.05) is 23.9 Å². The number of non-ortho nitro benzene ring substituents is 2. The van der Waals surface area contributed by atoms with Crippen LogP contribution in [0, 0.1) is 20.2 Å². The average molecular weight is 422 g/mol. The zero-order chi connectivity index (χ0) is 20.3. The van der Waals surface area contributed by atoms with Gasteiger partial charge in [-0.3, -0.25) is 25.2 Å². The third-order valence-electron chi connectivity index (χ3n) is 3.91. The highest BCUT2D eigenvalue weighted by molar-refractivity contribution is 8.14. The predicted octanol–water partition coefficient (Wildman–Crippen LogP) is 2.80. The van der Waals surface area contributed by atoms with E-state index < -0.39 is 19.9 Å². The molecule has 2 aromatic rings. The van der Waals surface area contributed by atoms with E-state index in [1.807, 2.05) is 0 Å². The number of sulfonamides is 1. The maximum atomic E-state index is 12.8. The van der Waals surface area contributed by atoms with Crippen LogP contribution in [-0.2, 0) is 15.8 Å². The van der Waals surface area contributed by atoms with Gasteiger partial charge in [0, 0.05) is 30.0 Å². The van der Waals surface area contributed by atoms with Crippen molar-refractivity contribution >= 4 is 38.3 Å². The van der Waals surface area contributed by atoms with Gasteiger partial charge in [-0.2, -0.15) is 0 Å². The van der Waals surface area contributed by atoms with Crippen LogP contribution >= 0.6 is 11.8 Å². The van der Waals surface area contributed by atoms with E-state index in [9.17, 15) is 28.6 Å². The van der Waals surface area contributed by atoms with Gasteiger partial charge >= 0.3 is 0 Å². The molecule has 12 heteroatoms. The fourth-order valence-corrected chi connectivity index (χ4v) is 5.16. The first kappa shape index (κ1) is 19.8. The quantitative estimate of drug-likeness (QED) is 0.515. The summed E-state index contributed by atoms with van der Waals surface area (Å²) in [5.41, 5.74) is 0.578. The molecular formula is C16H14N4O6S2. The molecule has 28 heavy (non-hydrogen) atoms. The van der Waals surface area contributed by atoms with E-state index in [2.05, 4.69) is 4.99 Å². The summed E-state index contributed by atoms with van der Waals surface area (Å²) >= 11 is 1.21. The van der Waals surface area contributed by atoms with E-state index in [4.69, 9.17) is 0 Å². The van der Waals surface area contributed by atoms with Crippen molar-refractivity contribution in [1.82, 2.24) is 4.31 Å². The summed E-state index contributed by atoms with van der Waals surface area (Å²) in [6.07, 6.45) is 0. The second-order valence-corrected chi connectivity index (χ2v) is 8.51. The first-order chi connectivity index (χ1) is 13.3. The molecule has 0 radical (unpaired) electrons. The Hall–Kier alpha value is -2.99. The number of aliphatic imine (C=N–C) groups is 1. The van der Waals surface area contributed by atoms with Crippen LogP contribution in [0.4, 0.5) is 11.4 Å². The zero-order valence-corrected chi connectivity index (χ0v) is 15.9. The topological polar surface area (TPSA) is 136 Å². The maximum absolute atomic E-state index is 12.8. The minimum atomic E-state index is -3.88. The lowest BCUT2D eigenvalue weighted by atomic mass is 10.2. The molecule has 0 unspecified atom stereocenters. The van der Waals surface area contributed by atoms with Crippen LogP contribution in [0.5, 0.6) is 0 Å². The van der Waals surface area contributed by atoms with Crippen LogP contribution in [0.3, 0.4) is 0 Å².